The van der Waals surface area contributed by atoms with Crippen LogP contribution in [0, 0.1) is 5.92 Å². The normalized spacial score (nSPS) is 24.4. The molecule has 0 aromatic carbocycles. The van der Waals surface area contributed by atoms with Crippen molar-refractivity contribution in [3.63, 3.8) is 0 Å². The van der Waals surface area contributed by atoms with Gasteiger partial charge in [-0.25, -0.2) is 4.79 Å². The van der Waals surface area contributed by atoms with Gasteiger partial charge >= 0.3 is 12.0 Å². The summed E-state index contributed by atoms with van der Waals surface area (Å²) in [6.07, 6.45) is 3.32. The van der Waals surface area contributed by atoms with E-state index in [-0.39, 0.29) is 17.7 Å². The van der Waals surface area contributed by atoms with Crippen LogP contribution in [0.4, 0.5) is 4.79 Å². The second kappa shape index (κ2) is 8.30. The zero-order chi connectivity index (χ0) is 20.3. The van der Waals surface area contributed by atoms with Gasteiger partial charge in [0.25, 0.3) is 11.8 Å². The van der Waals surface area contributed by atoms with Crippen LogP contribution in [-0.4, -0.2) is 59.4 Å². The number of carbonyl (C=O) groups excluding carboxylic acids is 4. The third kappa shape index (κ3) is 4.04. The molecular weight excluding hydrogens is 382 g/mol. The van der Waals surface area contributed by atoms with E-state index in [9.17, 15) is 19.2 Å². The van der Waals surface area contributed by atoms with E-state index in [1.54, 1.807) is 7.05 Å². The fourth-order valence-electron chi connectivity index (χ4n) is 3.79. The third-order valence-electron chi connectivity index (χ3n) is 5.54. The van der Waals surface area contributed by atoms with Crippen molar-refractivity contribution in [2.75, 3.05) is 20.2 Å². The lowest BCUT2D eigenvalue weighted by Gasteiger charge is -2.36. The largest absolute Gasteiger partial charge is 0.454 e. The topological polar surface area (TPSA) is 96.0 Å². The van der Waals surface area contributed by atoms with E-state index in [1.807, 2.05) is 24.4 Å². The van der Waals surface area contributed by atoms with Gasteiger partial charge in [-0.1, -0.05) is 25.8 Å². The first-order valence-electron chi connectivity index (χ1n) is 9.39. The average Bonchev–Trinajstić information content (AvgIpc) is 3.25. The Morgan fingerprint density at radius 2 is 2.18 bits per heavy atom. The quantitative estimate of drug-likeness (QED) is 0.573. The number of ether oxygens (including phenoxy) is 1. The van der Waals surface area contributed by atoms with Crippen molar-refractivity contribution in [3.05, 3.63) is 22.4 Å². The molecule has 3 rings (SSSR count). The number of hydrogen-bond donors (Lipinski definition) is 1. The van der Waals surface area contributed by atoms with Crippen LogP contribution in [0.1, 0.15) is 37.5 Å². The summed E-state index contributed by atoms with van der Waals surface area (Å²) in [6.45, 7) is 1.47. The van der Waals surface area contributed by atoms with Gasteiger partial charge in [-0.05, 0) is 30.2 Å². The molecule has 8 nitrogen and oxygen atoms in total. The number of amides is 4. The van der Waals surface area contributed by atoms with E-state index in [0.29, 0.717) is 13.0 Å². The summed E-state index contributed by atoms with van der Waals surface area (Å²) in [5.74, 6) is -1.48. The fraction of sp³-hybridized carbons (Fsp3) is 0.579. The van der Waals surface area contributed by atoms with Crippen molar-refractivity contribution in [2.45, 2.75) is 44.7 Å². The highest BCUT2D eigenvalue weighted by atomic mass is 32.1. The molecule has 2 unspecified atom stereocenters. The Morgan fingerprint density at radius 1 is 1.39 bits per heavy atom. The summed E-state index contributed by atoms with van der Waals surface area (Å²) in [4.78, 5) is 52.7. The van der Waals surface area contributed by atoms with Crippen LogP contribution in [0.5, 0.6) is 0 Å². The van der Waals surface area contributed by atoms with Crippen LogP contribution >= 0.6 is 11.3 Å². The summed E-state index contributed by atoms with van der Waals surface area (Å²) < 4.78 is 5.00. The molecule has 1 N–H and O–H groups in total. The highest BCUT2D eigenvalue weighted by molar-refractivity contribution is 7.09. The summed E-state index contributed by atoms with van der Waals surface area (Å²) >= 11 is 1.54. The molecule has 0 bridgehead atoms. The maximum absolute atomic E-state index is 12.8. The fourth-order valence-corrected chi connectivity index (χ4v) is 4.55. The maximum atomic E-state index is 12.8. The number of imide groups is 1. The van der Waals surface area contributed by atoms with Crippen LogP contribution in [0.25, 0.3) is 0 Å². The van der Waals surface area contributed by atoms with Gasteiger partial charge in [-0.3, -0.25) is 19.3 Å². The Morgan fingerprint density at radius 3 is 2.86 bits per heavy atom. The molecule has 2 aliphatic rings. The second-order valence-corrected chi connectivity index (χ2v) is 8.46. The van der Waals surface area contributed by atoms with Gasteiger partial charge in [-0.15, -0.1) is 11.3 Å². The van der Waals surface area contributed by atoms with Gasteiger partial charge in [0.05, 0.1) is 6.54 Å². The number of nitrogens with one attached hydrogen (secondary N) is 1. The molecule has 2 fully saturated rings. The van der Waals surface area contributed by atoms with Gasteiger partial charge in [0, 0.05) is 11.9 Å². The lowest BCUT2D eigenvalue weighted by Crippen LogP contribution is -2.54. The molecule has 4 amide bonds. The van der Waals surface area contributed by atoms with Crippen LogP contribution in [0.3, 0.4) is 0 Å². The summed E-state index contributed by atoms with van der Waals surface area (Å²) in [5, 5.41) is 4.71. The predicted molar refractivity (Wildman–Crippen MR) is 102 cm³/mol. The number of esters is 1. The zero-order valence-corrected chi connectivity index (χ0v) is 16.9. The first-order chi connectivity index (χ1) is 13.3. The first kappa shape index (κ1) is 20.3. The predicted octanol–water partition coefficient (Wildman–Crippen LogP) is 1.75. The minimum Gasteiger partial charge on any atom is -0.454 e. The van der Waals surface area contributed by atoms with Crippen LogP contribution in [0.2, 0.25) is 0 Å². The van der Waals surface area contributed by atoms with Crippen molar-refractivity contribution in [3.8, 4) is 0 Å². The summed E-state index contributed by atoms with van der Waals surface area (Å²) in [6, 6.07) is 3.24. The number of likely N-dealkylation sites (N-methyl/N-ethyl adjacent to an activating group) is 1. The Labute approximate surface area is 167 Å². The van der Waals surface area contributed by atoms with Gasteiger partial charge in [0.2, 0.25) is 0 Å². The molecule has 1 aromatic rings. The zero-order valence-electron chi connectivity index (χ0n) is 16.1. The Bertz CT molecular complexity index is 766. The Kier molecular flexibility index (Phi) is 6.02. The molecule has 1 aromatic heterocycles. The van der Waals surface area contributed by atoms with Gasteiger partial charge in [0.1, 0.15) is 12.1 Å². The van der Waals surface area contributed by atoms with Crippen molar-refractivity contribution in [2.24, 2.45) is 5.92 Å². The molecule has 1 aliphatic heterocycles. The average molecular weight is 407 g/mol. The minimum absolute atomic E-state index is 0.0196. The summed E-state index contributed by atoms with van der Waals surface area (Å²) in [5.41, 5.74) is -0.910. The number of rotatable bonds is 6. The smallest absolute Gasteiger partial charge is 0.326 e. The van der Waals surface area contributed by atoms with Crippen molar-refractivity contribution >= 4 is 35.2 Å². The third-order valence-corrected chi connectivity index (χ3v) is 6.41. The van der Waals surface area contributed by atoms with Crippen molar-refractivity contribution < 1.29 is 23.9 Å². The number of urea groups is 1. The van der Waals surface area contributed by atoms with Gasteiger partial charge < -0.3 is 15.0 Å². The van der Waals surface area contributed by atoms with E-state index in [2.05, 4.69) is 5.32 Å². The van der Waals surface area contributed by atoms with E-state index < -0.39 is 30.7 Å². The summed E-state index contributed by atoms with van der Waals surface area (Å²) in [7, 11) is 1.63. The highest BCUT2D eigenvalue weighted by Gasteiger charge is 2.55. The van der Waals surface area contributed by atoms with Crippen molar-refractivity contribution in [1.82, 2.24) is 15.1 Å². The SMILES string of the molecule is CC1CCCCC12NC(=O)N(CC(=O)OCC(=O)N(C)Cc1cccs1)C2=O. The second-order valence-electron chi connectivity index (χ2n) is 7.43. The van der Waals surface area contributed by atoms with Gasteiger partial charge in [0.15, 0.2) is 6.61 Å². The molecular formula is C19H25N3O5S. The molecule has 0 radical (unpaired) electrons. The minimum atomic E-state index is -0.910. The van der Waals surface area contributed by atoms with E-state index in [4.69, 9.17) is 4.74 Å². The Hall–Kier alpha value is -2.42. The lowest BCUT2D eigenvalue weighted by molar-refractivity contribution is -0.153. The molecule has 1 aliphatic carbocycles. The number of thiophene rings is 1. The van der Waals surface area contributed by atoms with Crippen LogP contribution in [-0.2, 0) is 25.7 Å². The monoisotopic (exact) mass is 407 g/mol. The number of nitrogens with zero attached hydrogens (tertiary/aromatic N) is 2. The molecule has 1 saturated heterocycles. The number of hydrogen-bond acceptors (Lipinski definition) is 6. The molecule has 152 valence electrons. The van der Waals surface area contributed by atoms with Crippen molar-refractivity contribution in [1.29, 1.82) is 0 Å². The molecule has 28 heavy (non-hydrogen) atoms. The van der Waals surface area contributed by atoms with E-state index >= 15 is 0 Å². The molecule has 1 saturated carbocycles. The molecule has 9 heteroatoms. The van der Waals surface area contributed by atoms with E-state index in [0.717, 1.165) is 29.0 Å². The van der Waals surface area contributed by atoms with Crippen LogP contribution in [0.15, 0.2) is 17.5 Å². The Balaban J connectivity index is 1.51. The highest BCUT2D eigenvalue weighted by Crippen LogP contribution is 2.38. The lowest BCUT2D eigenvalue weighted by atomic mass is 9.73. The number of carbonyl (C=O) groups is 4. The molecule has 2 atom stereocenters. The molecule has 1 spiro atoms. The van der Waals surface area contributed by atoms with Gasteiger partial charge in [-0.2, -0.15) is 0 Å². The standard InChI is InChI=1S/C19H25N3O5S/c1-13-6-3-4-8-19(13)17(25)22(18(26)20-19)11-16(24)27-12-15(23)21(2)10-14-7-5-9-28-14/h5,7,9,13H,3-4,6,8,10-12H2,1-2H3,(H,20,26). The first-order valence-corrected chi connectivity index (χ1v) is 10.3. The maximum Gasteiger partial charge on any atom is 0.326 e. The molecule has 2 heterocycles. The van der Waals surface area contributed by atoms with Crippen LogP contribution < -0.4 is 5.32 Å². The van der Waals surface area contributed by atoms with E-state index in [1.165, 1.54) is 16.2 Å².